The molecule has 22 heavy (non-hydrogen) atoms. The second kappa shape index (κ2) is 7.42. The Kier molecular flexibility index (Phi) is 5.32. The Morgan fingerprint density at radius 3 is 2.73 bits per heavy atom. The number of rotatable bonds is 5. The lowest BCUT2D eigenvalue weighted by atomic mass is 9.76. The van der Waals surface area contributed by atoms with Gasteiger partial charge in [-0.25, -0.2) is 4.98 Å². The summed E-state index contributed by atoms with van der Waals surface area (Å²) in [7, 11) is 0. The molecule has 2 aliphatic rings. The zero-order valence-electron chi connectivity index (χ0n) is 13.5. The first-order chi connectivity index (χ1) is 10.8. The van der Waals surface area contributed by atoms with Crippen molar-refractivity contribution in [2.45, 2.75) is 63.5 Å². The van der Waals surface area contributed by atoms with Crippen molar-refractivity contribution >= 4 is 5.82 Å². The molecule has 1 atom stereocenters. The molecule has 1 aliphatic carbocycles. The van der Waals surface area contributed by atoms with Crippen LogP contribution in [0.1, 0.15) is 56.9 Å². The summed E-state index contributed by atoms with van der Waals surface area (Å²) in [6.45, 7) is 2.22. The molecule has 3 rings (SSSR count). The van der Waals surface area contributed by atoms with Gasteiger partial charge < -0.3 is 15.7 Å². The van der Waals surface area contributed by atoms with E-state index in [4.69, 9.17) is 5.11 Å². The fourth-order valence-electron chi connectivity index (χ4n) is 4.11. The molecular weight excluding hydrogens is 274 g/mol. The maximum Gasteiger partial charge on any atom is 0.126 e. The van der Waals surface area contributed by atoms with Crippen LogP contribution in [0.25, 0.3) is 0 Å². The van der Waals surface area contributed by atoms with Gasteiger partial charge in [0.25, 0.3) is 0 Å². The van der Waals surface area contributed by atoms with Gasteiger partial charge in [0.1, 0.15) is 5.82 Å². The Balaban J connectivity index is 1.69. The van der Waals surface area contributed by atoms with E-state index in [2.05, 4.69) is 15.6 Å². The number of aliphatic hydroxyl groups is 1. The predicted octanol–water partition coefficient (Wildman–Crippen LogP) is 3.08. The van der Waals surface area contributed by atoms with Gasteiger partial charge in [-0.05, 0) is 43.4 Å². The molecule has 1 aromatic rings. The summed E-state index contributed by atoms with van der Waals surface area (Å²) >= 11 is 0. The minimum absolute atomic E-state index is 0.0576. The van der Waals surface area contributed by atoms with Gasteiger partial charge in [-0.1, -0.05) is 38.2 Å². The topological polar surface area (TPSA) is 57.2 Å². The fraction of sp³-hybridized carbons (Fsp3) is 0.722. The molecule has 2 fully saturated rings. The second-order valence-corrected chi connectivity index (χ2v) is 7.10. The molecule has 4 heteroatoms. The Bertz CT molecular complexity index is 448. The molecule has 0 radical (unpaired) electrons. The van der Waals surface area contributed by atoms with E-state index >= 15 is 0 Å². The second-order valence-electron chi connectivity index (χ2n) is 7.10. The molecule has 0 unspecified atom stereocenters. The first-order valence-electron chi connectivity index (χ1n) is 8.84. The van der Waals surface area contributed by atoms with Crippen molar-refractivity contribution in [2.24, 2.45) is 5.92 Å². The van der Waals surface area contributed by atoms with E-state index in [-0.39, 0.29) is 12.1 Å². The van der Waals surface area contributed by atoms with Crippen LogP contribution in [0.4, 0.5) is 5.82 Å². The Morgan fingerprint density at radius 2 is 2.09 bits per heavy atom. The lowest BCUT2D eigenvalue weighted by Crippen LogP contribution is -2.52. The minimum Gasteiger partial charge on any atom is -0.392 e. The van der Waals surface area contributed by atoms with Crippen LogP contribution in [-0.4, -0.2) is 28.7 Å². The maximum absolute atomic E-state index is 9.15. The van der Waals surface area contributed by atoms with E-state index in [1.165, 1.54) is 51.4 Å². The predicted molar refractivity (Wildman–Crippen MR) is 89.8 cm³/mol. The molecule has 0 spiro atoms. The van der Waals surface area contributed by atoms with Crippen LogP contribution in [0.15, 0.2) is 18.3 Å². The molecule has 1 aliphatic heterocycles. The average molecular weight is 303 g/mol. The number of hydrogen-bond donors (Lipinski definition) is 3. The van der Waals surface area contributed by atoms with Crippen LogP contribution >= 0.6 is 0 Å². The Labute approximate surface area is 133 Å². The molecule has 2 heterocycles. The van der Waals surface area contributed by atoms with Crippen molar-refractivity contribution in [3.05, 3.63) is 23.9 Å². The summed E-state index contributed by atoms with van der Waals surface area (Å²) in [4.78, 5) is 4.48. The monoisotopic (exact) mass is 303 g/mol. The quantitative estimate of drug-likeness (QED) is 0.782. The summed E-state index contributed by atoms with van der Waals surface area (Å²) in [6.07, 6.45) is 12.5. The van der Waals surface area contributed by atoms with E-state index in [9.17, 15) is 0 Å². The summed E-state index contributed by atoms with van der Waals surface area (Å²) in [5.74, 6) is 1.80. The van der Waals surface area contributed by atoms with Gasteiger partial charge in [-0.15, -0.1) is 0 Å². The van der Waals surface area contributed by atoms with Crippen molar-refractivity contribution < 1.29 is 5.11 Å². The maximum atomic E-state index is 9.15. The number of hydrogen-bond acceptors (Lipinski definition) is 4. The van der Waals surface area contributed by atoms with Crippen molar-refractivity contribution in [2.75, 3.05) is 18.4 Å². The third kappa shape index (κ3) is 3.99. The van der Waals surface area contributed by atoms with Crippen LogP contribution < -0.4 is 10.6 Å². The van der Waals surface area contributed by atoms with E-state index in [1.807, 2.05) is 12.1 Å². The standard InChI is InChI=1S/C18H29N3O/c22-13-16-7-8-17(20-12-16)21-18(9-4-10-19-14-18)11-15-5-2-1-3-6-15/h7-8,12,15,19,22H,1-6,9-11,13-14H2,(H,20,21)/t18-/m0/s1. The lowest BCUT2D eigenvalue weighted by Gasteiger charge is -2.42. The smallest absolute Gasteiger partial charge is 0.126 e. The van der Waals surface area contributed by atoms with Crippen molar-refractivity contribution in [3.63, 3.8) is 0 Å². The van der Waals surface area contributed by atoms with Gasteiger partial charge in [0, 0.05) is 12.7 Å². The molecule has 1 aromatic heterocycles. The molecule has 0 amide bonds. The normalized spacial score (nSPS) is 26.8. The summed E-state index contributed by atoms with van der Waals surface area (Å²) < 4.78 is 0. The van der Waals surface area contributed by atoms with Crippen LogP contribution in [0.3, 0.4) is 0 Å². The highest BCUT2D eigenvalue weighted by atomic mass is 16.3. The number of nitrogens with one attached hydrogen (secondary N) is 2. The Hall–Kier alpha value is -1.13. The van der Waals surface area contributed by atoms with Crippen molar-refractivity contribution in [1.82, 2.24) is 10.3 Å². The van der Waals surface area contributed by atoms with Crippen LogP contribution in [0.5, 0.6) is 0 Å². The molecule has 3 N–H and O–H groups in total. The molecule has 1 saturated carbocycles. The van der Waals surface area contributed by atoms with E-state index < -0.39 is 0 Å². The number of anilines is 1. The molecule has 1 saturated heterocycles. The number of aromatic nitrogens is 1. The highest BCUT2D eigenvalue weighted by Gasteiger charge is 2.35. The van der Waals surface area contributed by atoms with Gasteiger partial charge in [-0.3, -0.25) is 0 Å². The first kappa shape index (κ1) is 15.8. The third-order valence-electron chi connectivity index (χ3n) is 5.28. The molecule has 0 aromatic carbocycles. The number of piperidine rings is 1. The van der Waals surface area contributed by atoms with E-state index in [0.29, 0.717) is 0 Å². The SMILES string of the molecule is OCc1ccc(N[C@]2(CC3CCCCC3)CCCNC2)nc1. The third-order valence-corrected chi connectivity index (χ3v) is 5.28. The van der Waals surface area contributed by atoms with Crippen LogP contribution in [0, 0.1) is 5.92 Å². The van der Waals surface area contributed by atoms with E-state index in [0.717, 1.165) is 30.4 Å². The van der Waals surface area contributed by atoms with Crippen LogP contribution in [0.2, 0.25) is 0 Å². The van der Waals surface area contributed by atoms with Gasteiger partial charge in [-0.2, -0.15) is 0 Å². The van der Waals surface area contributed by atoms with Crippen LogP contribution in [-0.2, 0) is 6.61 Å². The van der Waals surface area contributed by atoms with Gasteiger partial charge >= 0.3 is 0 Å². The summed E-state index contributed by atoms with van der Waals surface area (Å²) in [6, 6.07) is 3.96. The number of nitrogens with zero attached hydrogens (tertiary/aromatic N) is 1. The molecular formula is C18H29N3O. The zero-order chi connectivity index (χ0) is 15.3. The fourth-order valence-corrected chi connectivity index (χ4v) is 4.11. The average Bonchev–Trinajstić information content (AvgIpc) is 2.57. The van der Waals surface area contributed by atoms with Gasteiger partial charge in [0.2, 0.25) is 0 Å². The summed E-state index contributed by atoms with van der Waals surface area (Å²) in [5.41, 5.74) is 1.02. The largest absolute Gasteiger partial charge is 0.392 e. The first-order valence-corrected chi connectivity index (χ1v) is 8.84. The van der Waals surface area contributed by atoms with Gasteiger partial charge in [0.15, 0.2) is 0 Å². The zero-order valence-corrected chi connectivity index (χ0v) is 13.5. The minimum atomic E-state index is 0.0576. The van der Waals surface area contributed by atoms with Gasteiger partial charge in [0.05, 0.1) is 12.1 Å². The molecule has 122 valence electrons. The molecule has 0 bridgehead atoms. The highest BCUT2D eigenvalue weighted by Crippen LogP contribution is 2.35. The Morgan fingerprint density at radius 1 is 1.23 bits per heavy atom. The van der Waals surface area contributed by atoms with Crippen molar-refractivity contribution in [1.29, 1.82) is 0 Å². The summed E-state index contributed by atoms with van der Waals surface area (Å²) in [5, 5.41) is 16.5. The number of pyridine rings is 1. The van der Waals surface area contributed by atoms with Crippen molar-refractivity contribution in [3.8, 4) is 0 Å². The molecule has 4 nitrogen and oxygen atoms in total. The number of aliphatic hydroxyl groups excluding tert-OH is 1. The van der Waals surface area contributed by atoms with E-state index in [1.54, 1.807) is 6.20 Å². The highest BCUT2D eigenvalue weighted by molar-refractivity contribution is 5.39. The lowest BCUT2D eigenvalue weighted by molar-refractivity contribution is 0.235.